The number of aromatic carboxylic acids is 1. The summed E-state index contributed by atoms with van der Waals surface area (Å²) in [4.78, 5) is 15.5. The topological polar surface area (TPSA) is 85.5 Å². The van der Waals surface area contributed by atoms with Crippen LogP contribution in [0, 0.1) is 18.2 Å². The molecule has 0 aliphatic heterocycles. The summed E-state index contributed by atoms with van der Waals surface area (Å²) in [6.07, 6.45) is 4.63. The summed E-state index contributed by atoms with van der Waals surface area (Å²) in [5, 5.41) is 13.0. The maximum Gasteiger partial charge on any atom is 0.338 e. The van der Waals surface area contributed by atoms with Crippen molar-refractivity contribution in [2.45, 2.75) is 20.3 Å². The summed E-state index contributed by atoms with van der Waals surface area (Å²) in [5.41, 5.74) is 3.96. The lowest BCUT2D eigenvalue weighted by molar-refractivity contribution is 0.0692. The molecule has 0 spiro atoms. The molecule has 4 rings (SSSR count). The van der Waals surface area contributed by atoms with Gasteiger partial charge in [-0.25, -0.2) is 9.18 Å². The highest BCUT2D eigenvalue weighted by molar-refractivity contribution is 5.88. The van der Waals surface area contributed by atoms with E-state index < -0.39 is 17.3 Å². The molecule has 0 radical (unpaired) electrons. The van der Waals surface area contributed by atoms with Crippen molar-refractivity contribution in [3.05, 3.63) is 83.0 Å². The molecule has 1 unspecified atom stereocenters. The van der Waals surface area contributed by atoms with Crippen LogP contribution in [0.2, 0.25) is 0 Å². The normalized spacial score (nSPS) is 18.2. The Bertz CT molecular complexity index is 1240. The van der Waals surface area contributed by atoms with E-state index in [4.69, 9.17) is 14.4 Å². The Morgan fingerprint density at radius 1 is 1.22 bits per heavy atom. The highest BCUT2D eigenvalue weighted by Gasteiger charge is 2.35. The van der Waals surface area contributed by atoms with Gasteiger partial charge < -0.3 is 14.4 Å². The number of allylic oxidation sites excluding steroid dienone is 3. The minimum absolute atomic E-state index is 0.193. The molecular formula is C25H23FN2O4. The van der Waals surface area contributed by atoms with Crippen molar-refractivity contribution in [1.29, 1.82) is 0 Å². The SMILES string of the molecule is COCC1(C)CC(c2nc(-c3ccc(C(=O)O)c(F)c3)no2)=CC=C1c1cccc(C)c1. The third-order valence-corrected chi connectivity index (χ3v) is 5.63. The predicted molar refractivity (Wildman–Crippen MR) is 118 cm³/mol. The standard InChI is InChI=1S/C25H23FN2O4/c1-15-5-4-6-16(11-15)20-10-8-18(13-25(20,2)14-31-3)23-27-22(28-32-23)17-7-9-19(24(29)30)21(26)12-17/h4-12H,13-14H2,1-3H3,(H,29,30). The Hall–Kier alpha value is -3.58. The molecule has 1 heterocycles. The number of methoxy groups -OCH3 is 1. The fourth-order valence-corrected chi connectivity index (χ4v) is 4.11. The quantitative estimate of drug-likeness (QED) is 0.559. The van der Waals surface area contributed by atoms with E-state index >= 15 is 0 Å². The molecule has 1 aliphatic carbocycles. The Morgan fingerprint density at radius 2 is 2.03 bits per heavy atom. The Kier molecular flexibility index (Phi) is 5.76. The number of carboxylic acids is 1. The van der Waals surface area contributed by atoms with Gasteiger partial charge in [-0.05, 0) is 42.7 Å². The van der Waals surface area contributed by atoms with Gasteiger partial charge in [0.25, 0.3) is 5.89 Å². The van der Waals surface area contributed by atoms with E-state index in [-0.39, 0.29) is 11.2 Å². The highest BCUT2D eigenvalue weighted by atomic mass is 19.1. The van der Waals surface area contributed by atoms with Gasteiger partial charge in [-0.3, -0.25) is 0 Å². The average molecular weight is 434 g/mol. The molecule has 7 heteroatoms. The third kappa shape index (κ3) is 4.11. The highest BCUT2D eigenvalue weighted by Crippen LogP contribution is 2.45. The maximum atomic E-state index is 14.1. The van der Waals surface area contributed by atoms with Crippen molar-refractivity contribution >= 4 is 17.1 Å². The zero-order valence-electron chi connectivity index (χ0n) is 18.1. The number of carbonyl (C=O) groups is 1. The van der Waals surface area contributed by atoms with Gasteiger partial charge in [-0.1, -0.05) is 54.1 Å². The molecule has 0 amide bonds. The van der Waals surface area contributed by atoms with Crippen molar-refractivity contribution in [3.8, 4) is 11.4 Å². The van der Waals surface area contributed by atoms with Crippen LogP contribution in [0.15, 0.2) is 59.1 Å². The molecule has 1 aromatic heterocycles. The number of carboxylic acid groups (broad SMARTS) is 1. The van der Waals surface area contributed by atoms with Crippen LogP contribution in [-0.2, 0) is 4.74 Å². The number of hydrogen-bond donors (Lipinski definition) is 1. The molecule has 6 nitrogen and oxygen atoms in total. The molecule has 164 valence electrons. The molecule has 0 saturated heterocycles. The summed E-state index contributed by atoms with van der Waals surface area (Å²) >= 11 is 0. The molecule has 1 aliphatic rings. The molecule has 0 fully saturated rings. The van der Waals surface area contributed by atoms with Crippen molar-refractivity contribution in [3.63, 3.8) is 0 Å². The van der Waals surface area contributed by atoms with E-state index in [0.29, 0.717) is 24.5 Å². The van der Waals surface area contributed by atoms with E-state index in [1.807, 2.05) is 12.1 Å². The monoisotopic (exact) mass is 434 g/mol. The minimum atomic E-state index is -1.33. The summed E-state index contributed by atoms with van der Waals surface area (Å²) in [6.45, 7) is 4.70. The third-order valence-electron chi connectivity index (χ3n) is 5.63. The lowest BCUT2D eigenvalue weighted by Gasteiger charge is -2.35. The van der Waals surface area contributed by atoms with Crippen molar-refractivity contribution in [2.75, 3.05) is 13.7 Å². The molecular weight excluding hydrogens is 411 g/mol. The Morgan fingerprint density at radius 3 is 2.72 bits per heavy atom. The van der Waals surface area contributed by atoms with Crippen LogP contribution in [0.3, 0.4) is 0 Å². The zero-order chi connectivity index (χ0) is 22.9. The van der Waals surface area contributed by atoms with Crippen LogP contribution in [0.25, 0.3) is 22.5 Å². The van der Waals surface area contributed by atoms with Crippen LogP contribution in [0.5, 0.6) is 0 Å². The first-order chi connectivity index (χ1) is 15.3. The summed E-state index contributed by atoms with van der Waals surface area (Å²) in [6, 6.07) is 12.1. The number of benzene rings is 2. The minimum Gasteiger partial charge on any atom is -0.478 e. The second-order valence-corrected chi connectivity index (χ2v) is 8.24. The average Bonchev–Trinajstić information content (AvgIpc) is 3.23. The number of aromatic nitrogens is 2. The predicted octanol–water partition coefficient (Wildman–Crippen LogP) is 5.41. The van der Waals surface area contributed by atoms with Crippen LogP contribution in [0.1, 0.15) is 40.7 Å². The van der Waals surface area contributed by atoms with Gasteiger partial charge in [0.1, 0.15) is 5.82 Å². The van der Waals surface area contributed by atoms with Gasteiger partial charge in [-0.2, -0.15) is 4.98 Å². The number of aryl methyl sites for hydroxylation is 1. The van der Waals surface area contributed by atoms with Crippen LogP contribution < -0.4 is 0 Å². The summed E-state index contributed by atoms with van der Waals surface area (Å²) < 4.78 is 25.1. The largest absolute Gasteiger partial charge is 0.478 e. The first kappa shape index (κ1) is 21.6. The van der Waals surface area contributed by atoms with Crippen LogP contribution in [0.4, 0.5) is 4.39 Å². The van der Waals surface area contributed by atoms with Crippen LogP contribution in [-0.4, -0.2) is 34.9 Å². The zero-order valence-corrected chi connectivity index (χ0v) is 18.1. The van der Waals surface area contributed by atoms with Crippen molar-refractivity contribution in [1.82, 2.24) is 10.1 Å². The first-order valence-electron chi connectivity index (χ1n) is 10.2. The van der Waals surface area contributed by atoms with E-state index in [1.54, 1.807) is 7.11 Å². The summed E-state index contributed by atoms with van der Waals surface area (Å²) in [7, 11) is 1.68. The molecule has 0 saturated carbocycles. The second kappa shape index (κ2) is 8.51. The molecule has 2 aromatic carbocycles. The molecule has 32 heavy (non-hydrogen) atoms. The van der Waals surface area contributed by atoms with Crippen molar-refractivity contribution in [2.24, 2.45) is 5.41 Å². The number of rotatable bonds is 6. The van der Waals surface area contributed by atoms with Gasteiger partial charge in [0.2, 0.25) is 5.82 Å². The number of ether oxygens (including phenoxy) is 1. The molecule has 0 bridgehead atoms. The first-order valence-corrected chi connectivity index (χ1v) is 10.2. The Balaban J connectivity index is 1.68. The van der Waals surface area contributed by atoms with Crippen molar-refractivity contribution < 1.29 is 23.6 Å². The Labute approximate surface area is 185 Å². The number of halogens is 1. The fraction of sp³-hybridized carbons (Fsp3) is 0.240. The second-order valence-electron chi connectivity index (χ2n) is 8.24. The van der Waals surface area contributed by atoms with E-state index in [0.717, 1.165) is 22.8 Å². The number of nitrogens with zero attached hydrogens (tertiary/aromatic N) is 2. The van der Waals surface area contributed by atoms with Gasteiger partial charge in [-0.15, -0.1) is 0 Å². The van der Waals surface area contributed by atoms with Gasteiger partial charge >= 0.3 is 5.97 Å². The molecule has 3 aromatic rings. The number of hydrogen-bond acceptors (Lipinski definition) is 5. The van der Waals surface area contributed by atoms with Gasteiger partial charge in [0.15, 0.2) is 0 Å². The lowest BCUT2D eigenvalue weighted by atomic mass is 9.71. The van der Waals surface area contributed by atoms with Gasteiger partial charge in [0.05, 0.1) is 12.2 Å². The van der Waals surface area contributed by atoms with E-state index in [1.165, 1.54) is 17.7 Å². The fourth-order valence-electron chi connectivity index (χ4n) is 4.11. The van der Waals surface area contributed by atoms with Crippen LogP contribution >= 0.6 is 0 Å². The molecule has 1 atom stereocenters. The van der Waals surface area contributed by atoms with Gasteiger partial charge in [0, 0.05) is 23.7 Å². The summed E-state index contributed by atoms with van der Waals surface area (Å²) in [5.74, 6) is -1.65. The lowest BCUT2D eigenvalue weighted by Crippen LogP contribution is -2.27. The molecule has 1 N–H and O–H groups in total. The maximum absolute atomic E-state index is 14.1. The van der Waals surface area contributed by atoms with E-state index in [2.05, 4.69) is 48.3 Å². The van der Waals surface area contributed by atoms with E-state index in [9.17, 15) is 9.18 Å². The smallest absolute Gasteiger partial charge is 0.338 e.